The molecule has 2 amide bonds. The summed E-state index contributed by atoms with van der Waals surface area (Å²) >= 11 is 0. The minimum Gasteiger partial charge on any atom is -0.508 e. The van der Waals surface area contributed by atoms with E-state index in [1.807, 2.05) is 6.92 Å². The minimum atomic E-state index is -1.12. The number of hydrogen-bond donors (Lipinski definition) is 6. The van der Waals surface area contributed by atoms with E-state index in [4.69, 9.17) is 11.5 Å². The van der Waals surface area contributed by atoms with Crippen LogP contribution in [-0.2, 0) is 20.8 Å². The molecule has 9 heteroatoms. The molecule has 0 bridgehead atoms. The van der Waals surface area contributed by atoms with Crippen molar-refractivity contribution < 1.29 is 24.6 Å². The summed E-state index contributed by atoms with van der Waals surface area (Å²) in [7, 11) is 0. The monoisotopic (exact) mass is 422 g/mol. The van der Waals surface area contributed by atoms with Gasteiger partial charge in [-0.2, -0.15) is 0 Å². The number of amides is 2. The average molecular weight is 423 g/mol. The van der Waals surface area contributed by atoms with Crippen molar-refractivity contribution in [1.82, 2.24) is 10.6 Å². The molecule has 0 radical (unpaired) electrons. The third-order valence-corrected chi connectivity index (χ3v) is 5.09. The first-order valence-electron chi connectivity index (χ1n) is 10.3. The molecule has 4 atom stereocenters. The summed E-state index contributed by atoms with van der Waals surface area (Å²) in [6.45, 7) is 4.04. The molecule has 0 fully saturated rings. The number of carboxylic acids is 1. The number of hydrogen-bond acceptors (Lipinski definition) is 6. The second kappa shape index (κ2) is 12.8. The van der Waals surface area contributed by atoms with Crippen LogP contribution in [0.25, 0.3) is 0 Å². The van der Waals surface area contributed by atoms with Crippen molar-refractivity contribution in [3.63, 3.8) is 0 Å². The molecule has 0 aromatic heterocycles. The molecule has 0 saturated heterocycles. The molecular formula is C21H34N4O5. The molecule has 1 rings (SSSR count). The number of carboxylic acid groups (broad SMARTS) is 1. The fourth-order valence-corrected chi connectivity index (χ4v) is 2.96. The van der Waals surface area contributed by atoms with Gasteiger partial charge in [-0.1, -0.05) is 32.4 Å². The van der Waals surface area contributed by atoms with E-state index in [9.17, 15) is 24.6 Å². The van der Waals surface area contributed by atoms with Gasteiger partial charge in [-0.3, -0.25) is 9.59 Å². The third-order valence-electron chi connectivity index (χ3n) is 5.09. The van der Waals surface area contributed by atoms with E-state index < -0.39 is 35.9 Å². The lowest BCUT2D eigenvalue weighted by Gasteiger charge is -2.25. The summed E-state index contributed by atoms with van der Waals surface area (Å²) in [6, 6.07) is 3.50. The summed E-state index contributed by atoms with van der Waals surface area (Å²) < 4.78 is 0. The number of phenolic OH excluding ortho intramolecular Hbond substituents is 1. The topological polar surface area (TPSA) is 168 Å². The summed E-state index contributed by atoms with van der Waals surface area (Å²) in [4.78, 5) is 36.8. The highest BCUT2D eigenvalue weighted by atomic mass is 16.4. The Bertz CT molecular complexity index is 695. The van der Waals surface area contributed by atoms with Crippen LogP contribution >= 0.6 is 0 Å². The predicted octanol–water partition coefficient (Wildman–Crippen LogP) is 0.491. The van der Waals surface area contributed by atoms with Crippen LogP contribution < -0.4 is 22.1 Å². The standard InChI is InChI=1S/C21H34N4O5/c1-3-13(2)18(21(29)30)25-20(28)17(6-4-5-11-22)24-19(27)16(23)12-14-7-9-15(26)10-8-14/h7-10,13,16-18,26H,3-6,11-12,22-23H2,1-2H3,(H,24,27)(H,25,28)(H,29,30). The van der Waals surface area contributed by atoms with Crippen molar-refractivity contribution in [2.75, 3.05) is 6.54 Å². The molecule has 0 heterocycles. The van der Waals surface area contributed by atoms with Crippen molar-refractivity contribution in [2.45, 2.75) is 64.1 Å². The van der Waals surface area contributed by atoms with Crippen LogP contribution in [0.5, 0.6) is 5.75 Å². The van der Waals surface area contributed by atoms with E-state index in [1.54, 1.807) is 19.1 Å². The smallest absolute Gasteiger partial charge is 0.326 e. The van der Waals surface area contributed by atoms with Crippen LogP contribution in [0, 0.1) is 5.92 Å². The van der Waals surface area contributed by atoms with Crippen LogP contribution in [0.15, 0.2) is 24.3 Å². The zero-order valence-corrected chi connectivity index (χ0v) is 17.6. The van der Waals surface area contributed by atoms with E-state index in [2.05, 4.69) is 10.6 Å². The Kier molecular flexibility index (Phi) is 10.8. The highest BCUT2D eigenvalue weighted by molar-refractivity contribution is 5.91. The SMILES string of the molecule is CCC(C)C(NC(=O)C(CCCCN)NC(=O)C(N)Cc1ccc(O)cc1)C(=O)O. The summed E-state index contributed by atoms with van der Waals surface area (Å²) in [5, 5.41) is 24.0. The van der Waals surface area contributed by atoms with Crippen LogP contribution in [0.3, 0.4) is 0 Å². The van der Waals surface area contributed by atoms with Gasteiger partial charge >= 0.3 is 5.97 Å². The van der Waals surface area contributed by atoms with Gasteiger partial charge in [-0.05, 0) is 55.8 Å². The van der Waals surface area contributed by atoms with Gasteiger partial charge in [0.2, 0.25) is 11.8 Å². The number of phenols is 1. The number of benzene rings is 1. The predicted molar refractivity (Wildman–Crippen MR) is 114 cm³/mol. The Morgan fingerprint density at radius 2 is 1.70 bits per heavy atom. The van der Waals surface area contributed by atoms with Gasteiger partial charge in [0.1, 0.15) is 17.8 Å². The van der Waals surface area contributed by atoms with Crippen molar-refractivity contribution in [3.8, 4) is 5.75 Å². The summed E-state index contributed by atoms with van der Waals surface area (Å²) in [5.74, 6) is -2.32. The van der Waals surface area contributed by atoms with E-state index >= 15 is 0 Å². The lowest BCUT2D eigenvalue weighted by Crippen LogP contribution is -2.55. The Morgan fingerprint density at radius 1 is 1.07 bits per heavy atom. The van der Waals surface area contributed by atoms with E-state index in [0.717, 1.165) is 5.56 Å². The number of aromatic hydroxyl groups is 1. The zero-order valence-electron chi connectivity index (χ0n) is 17.6. The molecule has 0 saturated carbocycles. The Morgan fingerprint density at radius 3 is 2.23 bits per heavy atom. The Hall–Kier alpha value is -2.65. The molecule has 8 N–H and O–H groups in total. The van der Waals surface area contributed by atoms with Gasteiger partial charge in [0.15, 0.2) is 0 Å². The highest BCUT2D eigenvalue weighted by Gasteiger charge is 2.30. The first-order valence-corrected chi connectivity index (χ1v) is 10.3. The first-order chi connectivity index (χ1) is 14.2. The fourth-order valence-electron chi connectivity index (χ4n) is 2.96. The van der Waals surface area contributed by atoms with Crippen LogP contribution in [-0.4, -0.2) is 52.7 Å². The van der Waals surface area contributed by atoms with Gasteiger partial charge in [0, 0.05) is 0 Å². The largest absolute Gasteiger partial charge is 0.508 e. The molecule has 0 aliphatic heterocycles. The number of carbonyl (C=O) groups excluding carboxylic acids is 2. The van der Waals surface area contributed by atoms with Crippen molar-refractivity contribution in [2.24, 2.45) is 17.4 Å². The normalized spacial score (nSPS) is 14.9. The molecule has 9 nitrogen and oxygen atoms in total. The van der Waals surface area contributed by atoms with Crippen molar-refractivity contribution in [1.29, 1.82) is 0 Å². The van der Waals surface area contributed by atoms with Crippen LogP contribution in [0.1, 0.15) is 45.1 Å². The lowest BCUT2D eigenvalue weighted by molar-refractivity contribution is -0.143. The molecule has 0 aliphatic carbocycles. The van der Waals surface area contributed by atoms with Gasteiger partial charge in [0.25, 0.3) is 0 Å². The number of nitrogens with two attached hydrogens (primary N) is 2. The highest BCUT2D eigenvalue weighted by Crippen LogP contribution is 2.12. The van der Waals surface area contributed by atoms with Crippen LogP contribution in [0.4, 0.5) is 0 Å². The van der Waals surface area contributed by atoms with E-state index in [0.29, 0.717) is 32.2 Å². The van der Waals surface area contributed by atoms with Crippen molar-refractivity contribution in [3.05, 3.63) is 29.8 Å². The maximum absolute atomic E-state index is 12.7. The second-order valence-electron chi connectivity index (χ2n) is 7.53. The van der Waals surface area contributed by atoms with Gasteiger partial charge in [-0.25, -0.2) is 4.79 Å². The first kappa shape index (κ1) is 25.4. The number of nitrogens with one attached hydrogen (secondary N) is 2. The average Bonchev–Trinajstić information content (AvgIpc) is 2.71. The summed E-state index contributed by atoms with van der Waals surface area (Å²) in [6.07, 6.45) is 2.41. The summed E-state index contributed by atoms with van der Waals surface area (Å²) in [5.41, 5.74) is 12.3. The molecule has 4 unspecified atom stereocenters. The molecular weight excluding hydrogens is 388 g/mol. The maximum Gasteiger partial charge on any atom is 0.326 e. The number of unbranched alkanes of at least 4 members (excludes halogenated alkanes) is 1. The second-order valence-corrected chi connectivity index (χ2v) is 7.53. The molecule has 1 aromatic carbocycles. The van der Waals surface area contributed by atoms with E-state index in [-0.39, 0.29) is 18.1 Å². The minimum absolute atomic E-state index is 0.114. The van der Waals surface area contributed by atoms with Crippen molar-refractivity contribution >= 4 is 17.8 Å². The molecule has 168 valence electrons. The third kappa shape index (κ3) is 8.38. The maximum atomic E-state index is 12.7. The van der Waals surface area contributed by atoms with Crippen LogP contribution in [0.2, 0.25) is 0 Å². The molecule has 1 aromatic rings. The van der Waals surface area contributed by atoms with Gasteiger partial charge in [0.05, 0.1) is 6.04 Å². The Balaban J connectivity index is 2.81. The molecule has 0 spiro atoms. The molecule has 0 aliphatic rings. The zero-order chi connectivity index (χ0) is 22.7. The number of rotatable bonds is 13. The Labute approximate surface area is 177 Å². The van der Waals surface area contributed by atoms with E-state index in [1.165, 1.54) is 12.1 Å². The quantitative estimate of drug-likeness (QED) is 0.251. The van der Waals surface area contributed by atoms with Gasteiger partial charge in [-0.15, -0.1) is 0 Å². The molecule has 30 heavy (non-hydrogen) atoms. The lowest BCUT2D eigenvalue weighted by atomic mass is 9.98. The fraction of sp³-hybridized carbons (Fsp3) is 0.571. The van der Waals surface area contributed by atoms with Gasteiger partial charge < -0.3 is 32.3 Å². The number of carbonyl (C=O) groups is 3. The number of aliphatic carboxylic acids is 1.